The molecule has 0 bridgehead atoms. The standard InChI is InChI=1S/C35H58N2O5/c1-12-13-14-35(17-25-15-23(2)29(39)24(3)16-25,30(40)42-27-20-33(8,9)37-34(10,11)21-27)22-28(38)41-26-18-31(4,5)36-32(6,7)19-26/h15-16,26-27,36-37,39H,12-14,17-22H2,1-11H3. The maximum atomic E-state index is 14.4. The number of carbonyl (C=O) groups excluding carboxylic acids is 2. The van der Waals surface area contributed by atoms with Gasteiger partial charge in [-0.1, -0.05) is 31.9 Å². The van der Waals surface area contributed by atoms with Crippen LogP contribution in [0.2, 0.25) is 0 Å². The van der Waals surface area contributed by atoms with Crippen molar-refractivity contribution in [1.29, 1.82) is 0 Å². The molecular formula is C35H58N2O5. The summed E-state index contributed by atoms with van der Waals surface area (Å²) in [5, 5.41) is 17.7. The summed E-state index contributed by atoms with van der Waals surface area (Å²) >= 11 is 0. The van der Waals surface area contributed by atoms with Crippen molar-refractivity contribution in [1.82, 2.24) is 10.6 Å². The van der Waals surface area contributed by atoms with Gasteiger partial charge >= 0.3 is 11.9 Å². The van der Waals surface area contributed by atoms with Crippen molar-refractivity contribution < 1.29 is 24.2 Å². The number of aromatic hydroxyl groups is 1. The number of hydrogen-bond donors (Lipinski definition) is 3. The van der Waals surface area contributed by atoms with Gasteiger partial charge in [0.25, 0.3) is 0 Å². The van der Waals surface area contributed by atoms with E-state index in [1.165, 1.54) is 0 Å². The highest BCUT2D eigenvalue weighted by Gasteiger charge is 2.47. The Bertz CT molecular complexity index is 1080. The summed E-state index contributed by atoms with van der Waals surface area (Å²) in [4.78, 5) is 28.2. The molecule has 238 valence electrons. The van der Waals surface area contributed by atoms with Crippen molar-refractivity contribution in [2.75, 3.05) is 0 Å². The first-order valence-corrected chi connectivity index (χ1v) is 15.9. The van der Waals surface area contributed by atoms with Crippen LogP contribution in [0.3, 0.4) is 0 Å². The fourth-order valence-corrected chi connectivity index (χ4v) is 7.94. The second-order valence-corrected chi connectivity index (χ2v) is 16.1. The minimum absolute atomic E-state index is 0.0344. The van der Waals surface area contributed by atoms with E-state index in [1.807, 2.05) is 26.0 Å². The van der Waals surface area contributed by atoms with Crippen LogP contribution in [0.4, 0.5) is 0 Å². The molecule has 7 heteroatoms. The highest BCUT2D eigenvalue weighted by Crippen LogP contribution is 2.40. The molecule has 3 rings (SSSR count). The number of aryl methyl sites for hydroxylation is 2. The quantitative estimate of drug-likeness (QED) is 0.259. The van der Waals surface area contributed by atoms with Gasteiger partial charge in [0.15, 0.2) is 0 Å². The third-order valence-corrected chi connectivity index (χ3v) is 8.90. The molecule has 2 saturated heterocycles. The number of hydrogen-bond acceptors (Lipinski definition) is 7. The molecule has 1 aromatic carbocycles. The molecule has 42 heavy (non-hydrogen) atoms. The molecule has 0 saturated carbocycles. The van der Waals surface area contributed by atoms with Crippen LogP contribution in [-0.2, 0) is 25.5 Å². The highest BCUT2D eigenvalue weighted by atomic mass is 16.6. The van der Waals surface area contributed by atoms with Crippen molar-refractivity contribution in [2.24, 2.45) is 5.41 Å². The number of benzene rings is 1. The fraction of sp³-hybridized carbons (Fsp3) is 0.771. The third-order valence-electron chi connectivity index (χ3n) is 8.90. The van der Waals surface area contributed by atoms with E-state index in [-0.39, 0.29) is 58.5 Å². The monoisotopic (exact) mass is 586 g/mol. The lowest BCUT2D eigenvalue weighted by atomic mass is 9.74. The van der Waals surface area contributed by atoms with Crippen molar-refractivity contribution in [3.05, 3.63) is 28.8 Å². The zero-order valence-electron chi connectivity index (χ0n) is 28.3. The van der Waals surface area contributed by atoms with Crippen LogP contribution in [0.15, 0.2) is 12.1 Å². The minimum atomic E-state index is -1.07. The first kappa shape index (κ1) is 34.4. The van der Waals surface area contributed by atoms with Crippen LogP contribution in [0.1, 0.15) is 130 Å². The third kappa shape index (κ3) is 9.19. The van der Waals surface area contributed by atoms with Crippen LogP contribution >= 0.6 is 0 Å². The van der Waals surface area contributed by atoms with Gasteiger partial charge in [0.05, 0.1) is 11.8 Å². The Kier molecular flexibility index (Phi) is 10.2. The average molecular weight is 587 g/mol. The van der Waals surface area contributed by atoms with Crippen LogP contribution in [0.5, 0.6) is 5.75 Å². The Balaban J connectivity index is 1.96. The maximum Gasteiger partial charge on any atom is 0.313 e. The zero-order chi connectivity index (χ0) is 31.7. The summed E-state index contributed by atoms with van der Waals surface area (Å²) in [7, 11) is 0. The summed E-state index contributed by atoms with van der Waals surface area (Å²) in [5.41, 5.74) is 0.660. The zero-order valence-corrected chi connectivity index (χ0v) is 28.3. The lowest BCUT2D eigenvalue weighted by Crippen LogP contribution is -2.60. The van der Waals surface area contributed by atoms with E-state index in [1.54, 1.807) is 0 Å². The molecule has 0 aromatic heterocycles. The molecule has 3 N–H and O–H groups in total. The molecule has 0 aliphatic carbocycles. The van der Waals surface area contributed by atoms with E-state index >= 15 is 0 Å². The smallest absolute Gasteiger partial charge is 0.313 e. The molecule has 2 aliphatic rings. The normalized spacial score (nSPS) is 23.1. The number of esters is 2. The van der Waals surface area contributed by atoms with Gasteiger partial charge in [-0.05, 0) is 98.8 Å². The maximum absolute atomic E-state index is 14.4. The van der Waals surface area contributed by atoms with Crippen LogP contribution in [0.25, 0.3) is 0 Å². The molecule has 2 aliphatic heterocycles. The van der Waals surface area contributed by atoms with Gasteiger partial charge in [0.2, 0.25) is 0 Å². The van der Waals surface area contributed by atoms with Crippen LogP contribution in [-0.4, -0.2) is 51.4 Å². The van der Waals surface area contributed by atoms with Crippen molar-refractivity contribution >= 4 is 11.9 Å². The molecule has 1 unspecified atom stereocenters. The number of rotatable bonds is 10. The first-order chi connectivity index (χ1) is 19.2. The Morgan fingerprint density at radius 2 is 1.26 bits per heavy atom. The number of carbonyl (C=O) groups is 2. The average Bonchev–Trinajstić information content (AvgIpc) is 2.76. The SMILES string of the molecule is CCCCC(CC(=O)OC1CC(C)(C)NC(C)(C)C1)(Cc1cc(C)c(O)c(C)c1)C(=O)OC1CC(C)(C)NC(C)(C)C1. The molecule has 2 fully saturated rings. The minimum Gasteiger partial charge on any atom is -0.507 e. The number of nitrogens with one attached hydrogen (secondary N) is 2. The molecule has 1 aromatic rings. The van der Waals surface area contributed by atoms with E-state index in [0.29, 0.717) is 38.5 Å². The summed E-state index contributed by atoms with van der Waals surface area (Å²) in [5.74, 6) is -0.407. The summed E-state index contributed by atoms with van der Waals surface area (Å²) in [6, 6.07) is 3.85. The Morgan fingerprint density at radius 3 is 1.69 bits per heavy atom. The molecular weight excluding hydrogens is 528 g/mol. The van der Waals surface area contributed by atoms with E-state index in [0.717, 1.165) is 29.5 Å². The predicted molar refractivity (Wildman–Crippen MR) is 169 cm³/mol. The number of piperidine rings is 2. The Morgan fingerprint density at radius 1 is 0.833 bits per heavy atom. The lowest BCUT2D eigenvalue weighted by molar-refractivity contribution is -0.174. The van der Waals surface area contributed by atoms with E-state index in [2.05, 4.69) is 72.9 Å². The van der Waals surface area contributed by atoms with Gasteiger partial charge in [-0.2, -0.15) is 0 Å². The van der Waals surface area contributed by atoms with Gasteiger partial charge in [0.1, 0.15) is 18.0 Å². The fourth-order valence-electron chi connectivity index (χ4n) is 7.94. The number of phenolic OH excluding ortho intramolecular Hbond substituents is 1. The van der Waals surface area contributed by atoms with Crippen molar-refractivity contribution in [2.45, 2.75) is 168 Å². The largest absolute Gasteiger partial charge is 0.507 e. The van der Waals surface area contributed by atoms with Crippen LogP contribution < -0.4 is 10.6 Å². The number of ether oxygens (including phenoxy) is 2. The Hall–Kier alpha value is -2.12. The summed E-state index contributed by atoms with van der Waals surface area (Å²) < 4.78 is 12.6. The van der Waals surface area contributed by atoms with Gasteiger partial charge in [-0.15, -0.1) is 0 Å². The van der Waals surface area contributed by atoms with Gasteiger partial charge in [-0.25, -0.2) is 0 Å². The predicted octanol–water partition coefficient (Wildman–Crippen LogP) is 6.82. The van der Waals surface area contributed by atoms with Gasteiger partial charge < -0.3 is 25.2 Å². The first-order valence-electron chi connectivity index (χ1n) is 15.9. The van der Waals surface area contributed by atoms with Gasteiger partial charge in [-0.3, -0.25) is 9.59 Å². The molecule has 7 nitrogen and oxygen atoms in total. The van der Waals surface area contributed by atoms with Gasteiger partial charge in [0, 0.05) is 47.8 Å². The van der Waals surface area contributed by atoms with E-state index in [4.69, 9.17) is 9.47 Å². The second-order valence-electron chi connectivity index (χ2n) is 16.1. The number of phenols is 1. The van der Waals surface area contributed by atoms with Crippen LogP contribution in [0, 0.1) is 19.3 Å². The molecule has 2 heterocycles. The van der Waals surface area contributed by atoms with Crippen molar-refractivity contribution in [3.63, 3.8) is 0 Å². The van der Waals surface area contributed by atoms with E-state index in [9.17, 15) is 14.7 Å². The molecule has 1 atom stereocenters. The number of unbranched alkanes of at least 4 members (excludes halogenated alkanes) is 1. The molecule has 0 amide bonds. The summed E-state index contributed by atoms with van der Waals surface area (Å²) in [6.07, 6.45) is 4.86. The van der Waals surface area contributed by atoms with Crippen molar-refractivity contribution in [3.8, 4) is 5.75 Å². The molecule has 0 radical (unpaired) electrons. The highest BCUT2D eigenvalue weighted by molar-refractivity contribution is 5.84. The second kappa shape index (κ2) is 12.5. The Labute approximate surface area is 254 Å². The summed E-state index contributed by atoms with van der Waals surface area (Å²) in [6.45, 7) is 22.9. The van der Waals surface area contributed by atoms with E-state index < -0.39 is 5.41 Å². The molecule has 0 spiro atoms. The topological polar surface area (TPSA) is 96.9 Å². The lowest BCUT2D eigenvalue weighted by Gasteiger charge is -2.47.